The zero-order chi connectivity index (χ0) is 12.1. The topological polar surface area (TPSA) is 29.5 Å². The minimum atomic E-state index is -0.722. The highest BCUT2D eigenvalue weighted by Gasteiger charge is 2.13. The van der Waals surface area contributed by atoms with Gasteiger partial charge in [0.2, 0.25) is 0 Å². The molecule has 1 aromatic carbocycles. The lowest BCUT2D eigenvalue weighted by Gasteiger charge is -2.19. The van der Waals surface area contributed by atoms with Crippen LogP contribution in [0.1, 0.15) is 45.3 Å². The second kappa shape index (κ2) is 5.85. The summed E-state index contributed by atoms with van der Waals surface area (Å²) in [6.07, 6.45) is 1.18. The fourth-order valence-corrected chi connectivity index (χ4v) is 1.59. The third kappa shape index (κ3) is 3.20. The van der Waals surface area contributed by atoms with Crippen molar-refractivity contribution in [1.82, 2.24) is 0 Å². The molecule has 0 aliphatic carbocycles. The second-order valence-electron chi connectivity index (χ2n) is 3.91. The number of benzene rings is 1. The molecule has 0 radical (unpaired) electrons. The van der Waals surface area contributed by atoms with Crippen LogP contribution in [0.15, 0.2) is 18.2 Å². The number of ether oxygens (including phenoxy) is 1. The predicted octanol–water partition coefficient (Wildman–Crippen LogP) is 3.45. The number of aliphatic hydroxyl groups is 1. The van der Waals surface area contributed by atoms with Crippen molar-refractivity contribution in [2.24, 2.45) is 0 Å². The molecule has 16 heavy (non-hydrogen) atoms. The Kier molecular flexibility index (Phi) is 4.74. The Morgan fingerprint density at radius 1 is 1.31 bits per heavy atom. The summed E-state index contributed by atoms with van der Waals surface area (Å²) in [6.45, 7) is 5.69. The molecule has 0 spiro atoms. The maximum atomic E-state index is 13.0. The molecule has 2 nitrogen and oxygen atoms in total. The highest BCUT2D eigenvalue weighted by atomic mass is 19.1. The molecule has 0 aliphatic rings. The van der Waals surface area contributed by atoms with Crippen LogP contribution in [0.5, 0.6) is 5.75 Å². The predicted molar refractivity (Wildman–Crippen MR) is 62.0 cm³/mol. The maximum Gasteiger partial charge on any atom is 0.125 e. The van der Waals surface area contributed by atoms with Crippen LogP contribution in [-0.2, 0) is 0 Å². The lowest BCUT2D eigenvalue weighted by molar-refractivity contribution is 0.166. The van der Waals surface area contributed by atoms with E-state index in [0.717, 1.165) is 12.8 Å². The Morgan fingerprint density at radius 3 is 2.44 bits per heavy atom. The van der Waals surface area contributed by atoms with Crippen LogP contribution in [-0.4, -0.2) is 11.2 Å². The maximum absolute atomic E-state index is 13.0. The molecule has 3 heteroatoms. The van der Waals surface area contributed by atoms with Crippen LogP contribution in [0, 0.1) is 5.82 Å². The molecule has 90 valence electrons. The van der Waals surface area contributed by atoms with Gasteiger partial charge in [0.25, 0.3) is 0 Å². The Hall–Kier alpha value is -1.09. The van der Waals surface area contributed by atoms with Gasteiger partial charge in [-0.05, 0) is 38.0 Å². The Balaban J connectivity index is 2.94. The quantitative estimate of drug-likeness (QED) is 0.833. The number of rotatable bonds is 5. The van der Waals surface area contributed by atoms with Gasteiger partial charge in [-0.1, -0.05) is 13.8 Å². The van der Waals surface area contributed by atoms with E-state index in [1.54, 1.807) is 13.0 Å². The van der Waals surface area contributed by atoms with E-state index in [0.29, 0.717) is 11.3 Å². The first-order valence-corrected chi connectivity index (χ1v) is 5.72. The number of halogens is 1. The summed E-state index contributed by atoms with van der Waals surface area (Å²) < 4.78 is 18.8. The fourth-order valence-electron chi connectivity index (χ4n) is 1.59. The fraction of sp³-hybridized carbons (Fsp3) is 0.538. The smallest absolute Gasteiger partial charge is 0.125 e. The molecule has 0 heterocycles. The van der Waals surface area contributed by atoms with Crippen LogP contribution in [0.2, 0.25) is 0 Å². The highest BCUT2D eigenvalue weighted by molar-refractivity contribution is 5.35. The minimum Gasteiger partial charge on any atom is -0.490 e. The van der Waals surface area contributed by atoms with Crippen molar-refractivity contribution in [2.45, 2.75) is 45.8 Å². The van der Waals surface area contributed by atoms with Crippen molar-refractivity contribution in [3.8, 4) is 5.75 Å². The van der Waals surface area contributed by atoms with Gasteiger partial charge in [-0.3, -0.25) is 0 Å². The summed E-state index contributed by atoms with van der Waals surface area (Å²) in [5, 5.41) is 9.54. The van der Waals surface area contributed by atoms with Crippen molar-refractivity contribution in [1.29, 1.82) is 0 Å². The van der Waals surface area contributed by atoms with Crippen LogP contribution < -0.4 is 4.74 Å². The van der Waals surface area contributed by atoms with Crippen molar-refractivity contribution in [3.05, 3.63) is 29.6 Å². The van der Waals surface area contributed by atoms with E-state index in [-0.39, 0.29) is 11.9 Å². The first-order chi connectivity index (χ1) is 7.58. The number of hydrogen-bond acceptors (Lipinski definition) is 2. The molecule has 1 N–H and O–H groups in total. The van der Waals surface area contributed by atoms with Gasteiger partial charge in [0, 0.05) is 5.56 Å². The zero-order valence-electron chi connectivity index (χ0n) is 10.0. The van der Waals surface area contributed by atoms with Gasteiger partial charge >= 0.3 is 0 Å². The molecule has 0 bridgehead atoms. The van der Waals surface area contributed by atoms with Gasteiger partial charge in [0.1, 0.15) is 11.6 Å². The average molecular weight is 226 g/mol. The van der Waals surface area contributed by atoms with E-state index < -0.39 is 6.10 Å². The van der Waals surface area contributed by atoms with E-state index in [2.05, 4.69) is 0 Å². The van der Waals surface area contributed by atoms with Crippen LogP contribution >= 0.6 is 0 Å². The van der Waals surface area contributed by atoms with Gasteiger partial charge in [0.05, 0.1) is 12.2 Å². The minimum absolute atomic E-state index is 0.114. The molecule has 0 aromatic heterocycles. The lowest BCUT2D eigenvalue weighted by Crippen LogP contribution is -2.15. The van der Waals surface area contributed by atoms with Gasteiger partial charge in [-0.15, -0.1) is 0 Å². The van der Waals surface area contributed by atoms with Crippen molar-refractivity contribution >= 4 is 0 Å². The van der Waals surface area contributed by atoms with E-state index in [1.165, 1.54) is 12.1 Å². The number of hydrogen-bond donors (Lipinski definition) is 1. The van der Waals surface area contributed by atoms with E-state index in [1.807, 2.05) is 13.8 Å². The normalized spacial score (nSPS) is 12.9. The van der Waals surface area contributed by atoms with E-state index >= 15 is 0 Å². The molecule has 0 saturated carbocycles. The molecule has 0 aliphatic heterocycles. The molecular weight excluding hydrogens is 207 g/mol. The Morgan fingerprint density at radius 2 is 1.94 bits per heavy atom. The van der Waals surface area contributed by atoms with Gasteiger partial charge < -0.3 is 9.84 Å². The monoisotopic (exact) mass is 226 g/mol. The molecule has 1 rings (SSSR count). The standard InChI is InChI=1S/C13H19FO2/c1-4-11(5-2)16-13-7-6-10(14)8-12(13)9(3)15/h6-9,11,15H,4-5H2,1-3H3. The molecule has 1 aromatic rings. The first kappa shape index (κ1) is 13.0. The highest BCUT2D eigenvalue weighted by Crippen LogP contribution is 2.27. The summed E-state index contributed by atoms with van der Waals surface area (Å²) >= 11 is 0. The third-order valence-electron chi connectivity index (χ3n) is 2.63. The van der Waals surface area contributed by atoms with Crippen molar-refractivity contribution < 1.29 is 14.2 Å². The zero-order valence-corrected chi connectivity index (χ0v) is 10.0. The lowest BCUT2D eigenvalue weighted by atomic mass is 10.1. The molecule has 0 amide bonds. The molecule has 0 saturated heterocycles. The summed E-state index contributed by atoms with van der Waals surface area (Å²) in [6, 6.07) is 4.25. The first-order valence-electron chi connectivity index (χ1n) is 5.72. The van der Waals surface area contributed by atoms with Gasteiger partial charge in [-0.25, -0.2) is 4.39 Å². The van der Waals surface area contributed by atoms with E-state index in [4.69, 9.17) is 4.74 Å². The number of aliphatic hydroxyl groups excluding tert-OH is 1. The Bertz CT molecular complexity index is 333. The largest absolute Gasteiger partial charge is 0.490 e. The molecule has 1 atom stereocenters. The van der Waals surface area contributed by atoms with Gasteiger partial charge in [-0.2, -0.15) is 0 Å². The van der Waals surface area contributed by atoms with Crippen molar-refractivity contribution in [2.75, 3.05) is 0 Å². The summed E-state index contributed by atoms with van der Waals surface area (Å²) in [7, 11) is 0. The van der Waals surface area contributed by atoms with Gasteiger partial charge in [0.15, 0.2) is 0 Å². The van der Waals surface area contributed by atoms with Crippen LogP contribution in [0.25, 0.3) is 0 Å². The summed E-state index contributed by atoms with van der Waals surface area (Å²) in [5.74, 6) is 0.220. The molecule has 1 unspecified atom stereocenters. The molecular formula is C13H19FO2. The van der Waals surface area contributed by atoms with Crippen LogP contribution in [0.3, 0.4) is 0 Å². The summed E-state index contributed by atoms with van der Waals surface area (Å²) in [4.78, 5) is 0. The van der Waals surface area contributed by atoms with Crippen LogP contribution in [0.4, 0.5) is 4.39 Å². The van der Waals surface area contributed by atoms with E-state index in [9.17, 15) is 9.50 Å². The Labute approximate surface area is 96.1 Å². The second-order valence-corrected chi connectivity index (χ2v) is 3.91. The third-order valence-corrected chi connectivity index (χ3v) is 2.63. The SMILES string of the molecule is CCC(CC)Oc1ccc(F)cc1C(C)O. The molecule has 0 fully saturated rings. The summed E-state index contributed by atoms with van der Waals surface area (Å²) in [5.41, 5.74) is 0.506. The van der Waals surface area contributed by atoms with Crippen molar-refractivity contribution in [3.63, 3.8) is 0 Å². The average Bonchev–Trinajstić information content (AvgIpc) is 2.27.